The number of thioether (sulfide) groups is 1. The van der Waals surface area contributed by atoms with Crippen molar-refractivity contribution in [2.45, 2.75) is 0 Å². The molecule has 0 aromatic heterocycles. The molecule has 0 bridgehead atoms. The molecule has 0 amide bonds. The molecule has 0 spiro atoms. The fourth-order valence-electron chi connectivity index (χ4n) is 0.102. The van der Waals surface area contributed by atoms with Gasteiger partial charge in [-0.3, -0.25) is 0 Å². The van der Waals surface area contributed by atoms with Crippen LogP contribution in [0.2, 0.25) is 0 Å². The van der Waals surface area contributed by atoms with Crippen LogP contribution in [0, 0.1) is 0 Å². The van der Waals surface area contributed by atoms with Crippen LogP contribution in [0.15, 0.2) is 0 Å². The summed E-state index contributed by atoms with van der Waals surface area (Å²) in [6.07, 6.45) is 1.94. The van der Waals surface area contributed by atoms with Crippen LogP contribution in [0.1, 0.15) is 1.43 Å². The van der Waals surface area contributed by atoms with Crippen molar-refractivity contribution < 1.29 is 31.0 Å². The molecule has 0 aliphatic heterocycles. The molecule has 0 aromatic carbocycles. The Kier molecular flexibility index (Phi) is 11.5. The van der Waals surface area contributed by atoms with Crippen molar-refractivity contribution in [1.29, 1.82) is 0 Å². The average Bonchev–Trinajstić information content (AvgIpc) is 1.65. The summed E-state index contributed by atoms with van der Waals surface area (Å²) in [4.78, 5) is 0. The maximum atomic E-state index is 4.71. The minimum absolute atomic E-state index is 0. The Bertz CT molecular complexity index is 55.2. The number of thiocarbonyl (C=S) groups is 1. The molecule has 1 N–H and O–H groups in total. The second-order valence-corrected chi connectivity index (χ2v) is 2.22. The van der Waals surface area contributed by atoms with Crippen LogP contribution in [0.25, 0.3) is 0 Å². The predicted octanol–water partition coefficient (Wildman–Crippen LogP) is -2.03. The van der Waals surface area contributed by atoms with Gasteiger partial charge in [0.15, 0.2) is 0 Å². The summed E-state index contributed by atoms with van der Waals surface area (Å²) in [6, 6.07) is 0. The summed E-state index contributed by atoms with van der Waals surface area (Å²) < 4.78 is 0.843. The Balaban J connectivity index is -0.000000125. The first kappa shape index (κ1) is 11.1. The molecule has 0 rings (SSSR count). The van der Waals surface area contributed by atoms with E-state index in [1.54, 1.807) is 11.8 Å². The molecule has 38 valence electrons. The first-order chi connectivity index (χ1) is 2.81. The van der Waals surface area contributed by atoms with Gasteiger partial charge >= 0.3 is 29.6 Å². The van der Waals surface area contributed by atoms with E-state index in [4.69, 9.17) is 12.2 Å². The van der Waals surface area contributed by atoms with Gasteiger partial charge < -0.3 is 6.74 Å². The largest absolute Gasteiger partial charge is 1.00 e. The topological polar surface area (TPSA) is 12.0 Å². The van der Waals surface area contributed by atoms with Crippen molar-refractivity contribution in [2.24, 2.45) is 0 Å². The van der Waals surface area contributed by atoms with Gasteiger partial charge in [-0.1, -0.05) is 12.2 Å². The van der Waals surface area contributed by atoms with Crippen LogP contribution in [0.3, 0.4) is 0 Å². The monoisotopic (exact) mass is 145 g/mol. The number of rotatable bonds is 0. The molecule has 0 aromatic rings. The smallest absolute Gasteiger partial charge is 1.00 e. The molecule has 0 saturated carbocycles. The van der Waals surface area contributed by atoms with Crippen molar-refractivity contribution in [2.75, 3.05) is 13.3 Å². The molecule has 7 heavy (non-hydrogen) atoms. The number of nitrogens with one attached hydrogen (secondary N) is 1. The first-order valence-corrected chi connectivity index (χ1v) is 3.20. The minimum atomic E-state index is 0. The van der Waals surface area contributed by atoms with E-state index >= 15 is 0 Å². The summed E-state index contributed by atoms with van der Waals surface area (Å²) in [5, 5.41) is 2.81. The Hall–Kier alpha value is 1.24. The molecular weight excluding hydrogens is 137 g/mol. The molecular formula is C3H8NNaS2. The van der Waals surface area contributed by atoms with Gasteiger partial charge in [-0.2, -0.15) is 0 Å². The Morgan fingerprint density at radius 3 is 2.29 bits per heavy atom. The third-order valence-corrected chi connectivity index (χ3v) is 1.67. The molecule has 0 atom stereocenters. The fraction of sp³-hybridized carbons (Fsp3) is 0.667. The van der Waals surface area contributed by atoms with E-state index in [2.05, 4.69) is 5.32 Å². The van der Waals surface area contributed by atoms with Gasteiger partial charge in [0.05, 0.1) is 0 Å². The SMILES string of the molecule is CNC(=S)SC.[H-].[Na+]. The van der Waals surface area contributed by atoms with Crippen LogP contribution in [0.4, 0.5) is 0 Å². The molecule has 0 unspecified atom stereocenters. The summed E-state index contributed by atoms with van der Waals surface area (Å²) in [7, 11) is 1.82. The van der Waals surface area contributed by atoms with Gasteiger partial charge in [-0.25, -0.2) is 0 Å². The second-order valence-electron chi connectivity index (χ2n) is 0.742. The molecule has 0 heterocycles. The number of hydrogen-bond donors (Lipinski definition) is 1. The summed E-state index contributed by atoms with van der Waals surface area (Å²) in [5.41, 5.74) is 0. The third-order valence-electron chi connectivity index (χ3n) is 0.390. The van der Waals surface area contributed by atoms with Crippen LogP contribution >= 0.6 is 24.0 Å². The minimum Gasteiger partial charge on any atom is -1.00 e. The maximum Gasteiger partial charge on any atom is 1.00 e. The average molecular weight is 145 g/mol. The quantitative estimate of drug-likeness (QED) is 0.312. The zero-order chi connectivity index (χ0) is 4.99. The fourth-order valence-corrected chi connectivity index (χ4v) is 0.306. The van der Waals surface area contributed by atoms with Gasteiger partial charge in [0, 0.05) is 7.05 Å². The molecule has 0 aliphatic carbocycles. The van der Waals surface area contributed by atoms with Crippen molar-refractivity contribution in [3.8, 4) is 0 Å². The van der Waals surface area contributed by atoms with E-state index in [1.807, 2.05) is 13.3 Å². The second kappa shape index (κ2) is 7.24. The standard InChI is InChI=1S/C3H7NS2.Na.H/c1-4-3(5)6-2;;/h1-2H3,(H,4,5);;/q;+1;-1. The van der Waals surface area contributed by atoms with E-state index in [1.165, 1.54) is 0 Å². The molecule has 4 heteroatoms. The van der Waals surface area contributed by atoms with Crippen molar-refractivity contribution in [1.82, 2.24) is 5.32 Å². The van der Waals surface area contributed by atoms with Crippen molar-refractivity contribution in [3.63, 3.8) is 0 Å². The van der Waals surface area contributed by atoms with Gasteiger partial charge in [0.2, 0.25) is 0 Å². The third kappa shape index (κ3) is 7.24. The van der Waals surface area contributed by atoms with Gasteiger partial charge in [-0.15, -0.1) is 11.8 Å². The number of hydrogen-bond acceptors (Lipinski definition) is 2. The Labute approximate surface area is 77.4 Å². The molecule has 1 nitrogen and oxygen atoms in total. The zero-order valence-electron chi connectivity index (χ0n) is 5.82. The maximum absolute atomic E-state index is 4.71. The summed E-state index contributed by atoms with van der Waals surface area (Å²) in [6.45, 7) is 0. The normalized spacial score (nSPS) is 6.57. The molecule has 0 fully saturated rings. The molecule has 0 aliphatic rings. The summed E-state index contributed by atoms with van der Waals surface area (Å²) in [5.74, 6) is 0. The zero-order valence-corrected chi connectivity index (χ0v) is 8.45. The van der Waals surface area contributed by atoms with Gasteiger partial charge in [0.25, 0.3) is 0 Å². The first-order valence-electron chi connectivity index (χ1n) is 1.57. The van der Waals surface area contributed by atoms with Crippen molar-refractivity contribution >= 4 is 28.3 Å². The van der Waals surface area contributed by atoms with E-state index in [0.29, 0.717) is 0 Å². The van der Waals surface area contributed by atoms with Crippen LogP contribution in [-0.4, -0.2) is 17.6 Å². The molecule has 0 radical (unpaired) electrons. The predicted molar refractivity (Wildman–Crippen MR) is 36.3 cm³/mol. The van der Waals surface area contributed by atoms with Crippen molar-refractivity contribution in [3.05, 3.63) is 0 Å². The van der Waals surface area contributed by atoms with E-state index in [9.17, 15) is 0 Å². The Morgan fingerprint density at radius 1 is 1.86 bits per heavy atom. The molecule has 0 saturated heterocycles. The van der Waals surface area contributed by atoms with E-state index in [-0.39, 0.29) is 31.0 Å². The van der Waals surface area contributed by atoms with Crippen LogP contribution in [0.5, 0.6) is 0 Å². The van der Waals surface area contributed by atoms with Gasteiger partial charge in [-0.05, 0) is 6.26 Å². The Morgan fingerprint density at radius 2 is 2.29 bits per heavy atom. The van der Waals surface area contributed by atoms with Crippen LogP contribution in [-0.2, 0) is 0 Å². The van der Waals surface area contributed by atoms with E-state index in [0.717, 1.165) is 4.32 Å². The summed E-state index contributed by atoms with van der Waals surface area (Å²) >= 11 is 6.25. The van der Waals surface area contributed by atoms with Crippen LogP contribution < -0.4 is 34.9 Å². The van der Waals surface area contributed by atoms with Gasteiger partial charge in [0.1, 0.15) is 4.32 Å². The van der Waals surface area contributed by atoms with E-state index < -0.39 is 0 Å².